The number of hydrogen-bond donors (Lipinski definition) is 1. The van der Waals surface area contributed by atoms with Gasteiger partial charge in [-0.3, -0.25) is 0 Å². The van der Waals surface area contributed by atoms with Crippen molar-refractivity contribution in [3.63, 3.8) is 0 Å². The largest absolute Gasteiger partial charge is 0.369 e. The first-order valence-corrected chi connectivity index (χ1v) is 9.25. The van der Waals surface area contributed by atoms with Crippen molar-refractivity contribution < 1.29 is 0 Å². The van der Waals surface area contributed by atoms with E-state index in [4.69, 9.17) is 9.97 Å². The maximum absolute atomic E-state index is 4.79. The lowest BCUT2D eigenvalue weighted by atomic mass is 10.2. The van der Waals surface area contributed by atoms with Crippen molar-refractivity contribution in [2.45, 2.75) is 53.4 Å². The maximum Gasteiger partial charge on any atom is 0.143 e. The molecule has 0 aliphatic carbocycles. The number of likely N-dealkylation sites (N-methyl/N-ethyl adjacent to an activating group) is 1. The molecule has 0 saturated carbocycles. The Labute approximate surface area is 143 Å². The zero-order valence-corrected chi connectivity index (χ0v) is 16.0. The summed E-state index contributed by atoms with van der Waals surface area (Å²) >= 11 is 2.38. The molecule has 0 fully saturated rings. The third-order valence-corrected chi connectivity index (χ3v) is 4.67. The van der Waals surface area contributed by atoms with E-state index in [1.54, 1.807) is 0 Å². The minimum absolute atomic E-state index is 0.927. The van der Waals surface area contributed by atoms with Gasteiger partial charge in [0.2, 0.25) is 0 Å². The molecule has 0 aromatic carbocycles. The first kappa shape index (κ1) is 18.6. The highest BCUT2D eigenvalue weighted by Gasteiger charge is 2.12. The van der Waals surface area contributed by atoms with Crippen LogP contribution in [0.25, 0.3) is 0 Å². The van der Waals surface area contributed by atoms with Gasteiger partial charge in [0.1, 0.15) is 11.6 Å². The smallest absolute Gasteiger partial charge is 0.143 e. The third kappa shape index (κ3) is 6.06. The fourth-order valence-electron chi connectivity index (χ4n) is 2.22. The summed E-state index contributed by atoms with van der Waals surface area (Å²) in [5.74, 6) is 2.00. The van der Waals surface area contributed by atoms with Crippen LogP contribution >= 0.6 is 22.6 Å². The van der Waals surface area contributed by atoms with Crippen LogP contribution in [0.2, 0.25) is 0 Å². The number of anilines is 1. The van der Waals surface area contributed by atoms with E-state index < -0.39 is 0 Å². The fourth-order valence-corrected chi connectivity index (χ4v) is 2.92. The fraction of sp³-hybridized carbons (Fsp3) is 0.750. The Morgan fingerprint density at radius 1 is 1.00 bits per heavy atom. The van der Waals surface area contributed by atoms with Gasteiger partial charge in [-0.05, 0) is 48.5 Å². The molecule has 1 N–H and O–H groups in total. The number of hydrogen-bond acceptors (Lipinski definition) is 4. The summed E-state index contributed by atoms with van der Waals surface area (Å²) in [6.07, 6.45) is 4.18. The van der Waals surface area contributed by atoms with Gasteiger partial charge < -0.3 is 10.2 Å². The third-order valence-electron chi connectivity index (χ3n) is 3.54. The highest BCUT2D eigenvalue weighted by Crippen LogP contribution is 2.21. The normalized spacial score (nSPS) is 11.1. The number of halogens is 1. The van der Waals surface area contributed by atoms with E-state index in [-0.39, 0.29) is 0 Å². The second-order valence-electron chi connectivity index (χ2n) is 5.20. The van der Waals surface area contributed by atoms with Gasteiger partial charge in [-0.1, -0.05) is 34.1 Å². The van der Waals surface area contributed by atoms with Gasteiger partial charge in [-0.2, -0.15) is 0 Å². The molecule has 5 heteroatoms. The molecular formula is C16H29IN4. The highest BCUT2D eigenvalue weighted by atomic mass is 127. The summed E-state index contributed by atoms with van der Waals surface area (Å²) < 4.78 is 1.19. The molecule has 0 radical (unpaired) electrons. The number of nitrogens with one attached hydrogen (secondary N) is 1. The first-order valence-electron chi connectivity index (χ1n) is 8.17. The number of aryl methyl sites for hydroxylation is 1. The lowest BCUT2D eigenvalue weighted by Crippen LogP contribution is -2.26. The average molecular weight is 404 g/mol. The first-order chi connectivity index (χ1) is 10.2. The zero-order valence-electron chi connectivity index (χ0n) is 13.9. The molecule has 1 rings (SSSR count). The molecule has 0 atom stereocenters. The van der Waals surface area contributed by atoms with Gasteiger partial charge in [0.15, 0.2) is 0 Å². The molecule has 0 unspecified atom stereocenters. The van der Waals surface area contributed by atoms with E-state index in [9.17, 15) is 0 Å². The van der Waals surface area contributed by atoms with Crippen LogP contribution < -0.4 is 5.32 Å². The Kier molecular flexibility index (Phi) is 9.15. The topological polar surface area (TPSA) is 41.1 Å². The van der Waals surface area contributed by atoms with Crippen LogP contribution in [0, 0.1) is 3.57 Å². The van der Waals surface area contributed by atoms with Crippen molar-refractivity contribution >= 4 is 28.4 Å². The summed E-state index contributed by atoms with van der Waals surface area (Å²) in [4.78, 5) is 11.9. The van der Waals surface area contributed by atoms with E-state index in [0.29, 0.717) is 0 Å². The molecule has 0 bridgehead atoms. The predicted molar refractivity (Wildman–Crippen MR) is 99.0 cm³/mol. The van der Waals surface area contributed by atoms with E-state index in [2.05, 4.69) is 60.5 Å². The Balaban J connectivity index is 2.88. The van der Waals surface area contributed by atoms with Crippen LogP contribution in [0.5, 0.6) is 0 Å². The number of nitrogens with zero attached hydrogens (tertiary/aromatic N) is 3. The lowest BCUT2D eigenvalue weighted by Gasteiger charge is -2.18. The van der Waals surface area contributed by atoms with E-state index >= 15 is 0 Å². The van der Waals surface area contributed by atoms with Crippen molar-refractivity contribution in [3.05, 3.63) is 15.1 Å². The van der Waals surface area contributed by atoms with Gasteiger partial charge in [0.05, 0.1) is 9.26 Å². The Morgan fingerprint density at radius 2 is 1.71 bits per heavy atom. The zero-order chi connectivity index (χ0) is 15.7. The monoisotopic (exact) mass is 404 g/mol. The quantitative estimate of drug-likeness (QED) is 0.604. The summed E-state index contributed by atoms with van der Waals surface area (Å²) in [5, 5.41) is 3.45. The standard InChI is InChI=1S/C16H29IN4/c1-5-9-13-15(17)16(18-11-6-2)20-14(19-13)10-12-21(7-3)8-4/h5-12H2,1-4H3,(H,18,19,20). The number of rotatable bonds is 10. The molecular weight excluding hydrogens is 375 g/mol. The summed E-state index contributed by atoms with van der Waals surface area (Å²) in [6, 6.07) is 0. The second kappa shape index (κ2) is 10.3. The number of aromatic nitrogens is 2. The van der Waals surface area contributed by atoms with Gasteiger partial charge in [0.25, 0.3) is 0 Å². The molecule has 1 aromatic heterocycles. The summed E-state index contributed by atoms with van der Waals surface area (Å²) in [6.45, 7) is 13.0. The SMILES string of the molecule is CCCNc1nc(CCN(CC)CC)nc(CCC)c1I. The van der Waals surface area contributed by atoms with Crippen molar-refractivity contribution in [1.82, 2.24) is 14.9 Å². The molecule has 0 spiro atoms. The summed E-state index contributed by atoms with van der Waals surface area (Å²) in [5.41, 5.74) is 1.20. The van der Waals surface area contributed by atoms with Crippen molar-refractivity contribution in [2.75, 3.05) is 31.5 Å². The second-order valence-corrected chi connectivity index (χ2v) is 6.28. The minimum Gasteiger partial charge on any atom is -0.369 e. The van der Waals surface area contributed by atoms with Crippen LogP contribution in [0.3, 0.4) is 0 Å². The van der Waals surface area contributed by atoms with Gasteiger partial charge in [-0.25, -0.2) is 9.97 Å². The molecule has 4 nitrogen and oxygen atoms in total. The van der Waals surface area contributed by atoms with Crippen LogP contribution in [-0.2, 0) is 12.8 Å². The van der Waals surface area contributed by atoms with E-state index in [1.807, 2.05) is 0 Å². The maximum atomic E-state index is 4.79. The van der Waals surface area contributed by atoms with Crippen molar-refractivity contribution in [1.29, 1.82) is 0 Å². The predicted octanol–water partition coefficient (Wildman–Crippen LogP) is 3.74. The molecule has 0 aliphatic rings. The average Bonchev–Trinajstić information content (AvgIpc) is 2.50. The Hall–Kier alpha value is -0.430. The molecule has 1 aromatic rings. The van der Waals surface area contributed by atoms with Gasteiger partial charge in [0, 0.05) is 19.5 Å². The van der Waals surface area contributed by atoms with Crippen LogP contribution in [-0.4, -0.2) is 41.0 Å². The molecule has 0 aliphatic heterocycles. The molecule has 120 valence electrons. The Bertz CT molecular complexity index is 419. The van der Waals surface area contributed by atoms with Crippen LogP contribution in [0.15, 0.2) is 0 Å². The molecule has 0 amide bonds. The Morgan fingerprint density at radius 3 is 2.29 bits per heavy atom. The van der Waals surface area contributed by atoms with Crippen LogP contribution in [0.4, 0.5) is 5.82 Å². The van der Waals surface area contributed by atoms with Crippen molar-refractivity contribution in [3.8, 4) is 0 Å². The minimum atomic E-state index is 0.927. The molecule has 21 heavy (non-hydrogen) atoms. The van der Waals surface area contributed by atoms with E-state index in [1.165, 1.54) is 9.26 Å². The molecule has 0 saturated heterocycles. The van der Waals surface area contributed by atoms with Crippen LogP contribution in [0.1, 0.15) is 52.1 Å². The van der Waals surface area contributed by atoms with E-state index in [0.717, 1.165) is 63.5 Å². The highest BCUT2D eigenvalue weighted by molar-refractivity contribution is 14.1. The summed E-state index contributed by atoms with van der Waals surface area (Å²) in [7, 11) is 0. The molecule has 1 heterocycles. The van der Waals surface area contributed by atoms with Gasteiger partial charge in [-0.15, -0.1) is 0 Å². The van der Waals surface area contributed by atoms with Crippen molar-refractivity contribution in [2.24, 2.45) is 0 Å². The lowest BCUT2D eigenvalue weighted by molar-refractivity contribution is 0.305. The van der Waals surface area contributed by atoms with Gasteiger partial charge >= 0.3 is 0 Å².